The number of hydrogen-bond donors (Lipinski definition) is 1. The average Bonchev–Trinajstić information content (AvgIpc) is 2.85. The first-order valence-corrected chi connectivity index (χ1v) is 7.00. The summed E-state index contributed by atoms with van der Waals surface area (Å²) < 4.78 is 13.7. The minimum absolute atomic E-state index is 0.255. The first-order chi connectivity index (χ1) is 9.17. The van der Waals surface area contributed by atoms with E-state index < -0.39 is 0 Å². The lowest BCUT2D eigenvalue weighted by atomic mass is 10.1. The molecule has 1 fully saturated rings. The van der Waals surface area contributed by atoms with Crippen molar-refractivity contribution in [1.82, 2.24) is 4.90 Å². The van der Waals surface area contributed by atoms with Crippen molar-refractivity contribution < 1.29 is 9.50 Å². The fourth-order valence-corrected chi connectivity index (χ4v) is 2.99. The van der Waals surface area contributed by atoms with Gasteiger partial charge in [0.1, 0.15) is 5.82 Å². The first-order valence-electron chi connectivity index (χ1n) is 7.00. The molecule has 0 aromatic heterocycles. The van der Waals surface area contributed by atoms with E-state index in [1.54, 1.807) is 6.07 Å². The molecule has 0 saturated carbocycles. The van der Waals surface area contributed by atoms with Gasteiger partial charge in [0.2, 0.25) is 0 Å². The Morgan fingerprint density at radius 1 is 1.47 bits per heavy atom. The predicted molar refractivity (Wildman–Crippen MR) is 75.9 cm³/mol. The summed E-state index contributed by atoms with van der Waals surface area (Å²) in [6.07, 6.45) is 2.43. The smallest absolute Gasteiger partial charge is 0.130 e. The van der Waals surface area contributed by atoms with Crippen LogP contribution in [0, 0.1) is 5.82 Å². The van der Waals surface area contributed by atoms with Crippen molar-refractivity contribution in [3.05, 3.63) is 29.6 Å². The van der Waals surface area contributed by atoms with E-state index >= 15 is 0 Å². The van der Waals surface area contributed by atoms with Crippen LogP contribution in [-0.2, 0) is 6.61 Å². The second-order valence-electron chi connectivity index (χ2n) is 5.20. The molecule has 0 spiro atoms. The van der Waals surface area contributed by atoms with Gasteiger partial charge in [0.25, 0.3) is 0 Å². The van der Waals surface area contributed by atoms with E-state index in [0.29, 0.717) is 11.6 Å². The zero-order valence-corrected chi connectivity index (χ0v) is 11.8. The van der Waals surface area contributed by atoms with Crippen LogP contribution in [0.4, 0.5) is 10.1 Å². The Morgan fingerprint density at radius 2 is 2.26 bits per heavy atom. The monoisotopic (exact) mass is 266 g/mol. The number of benzene rings is 1. The van der Waals surface area contributed by atoms with Gasteiger partial charge in [-0.1, -0.05) is 13.0 Å². The van der Waals surface area contributed by atoms with Gasteiger partial charge in [-0.2, -0.15) is 0 Å². The highest BCUT2D eigenvalue weighted by Gasteiger charge is 2.24. The molecule has 0 radical (unpaired) electrons. The summed E-state index contributed by atoms with van der Waals surface area (Å²) in [6, 6.07) is 5.51. The molecule has 0 aliphatic carbocycles. The zero-order chi connectivity index (χ0) is 13.8. The van der Waals surface area contributed by atoms with E-state index in [0.717, 1.165) is 25.3 Å². The second kappa shape index (κ2) is 6.35. The van der Waals surface area contributed by atoms with Gasteiger partial charge in [-0.05, 0) is 38.1 Å². The van der Waals surface area contributed by atoms with Crippen LogP contribution in [0.1, 0.15) is 25.3 Å². The lowest BCUT2D eigenvalue weighted by molar-refractivity contribution is 0.267. The number of likely N-dealkylation sites (N-methyl/N-ethyl adjacent to an activating group) is 2. The Morgan fingerprint density at radius 3 is 2.95 bits per heavy atom. The van der Waals surface area contributed by atoms with Crippen molar-refractivity contribution in [1.29, 1.82) is 0 Å². The van der Waals surface area contributed by atoms with Crippen molar-refractivity contribution in [3.63, 3.8) is 0 Å². The van der Waals surface area contributed by atoms with Crippen molar-refractivity contribution in [2.75, 3.05) is 31.6 Å². The lowest BCUT2D eigenvalue weighted by Gasteiger charge is -2.30. The largest absolute Gasteiger partial charge is 0.391 e. The van der Waals surface area contributed by atoms with Crippen LogP contribution in [0.2, 0.25) is 0 Å². The number of halogens is 1. The van der Waals surface area contributed by atoms with Gasteiger partial charge in [0.05, 0.1) is 6.61 Å². The van der Waals surface area contributed by atoms with E-state index in [1.807, 2.05) is 13.1 Å². The molecular weight excluding hydrogens is 243 g/mol. The molecule has 1 unspecified atom stereocenters. The predicted octanol–water partition coefficient (Wildman–Crippen LogP) is 2.24. The van der Waals surface area contributed by atoms with Crippen LogP contribution < -0.4 is 4.90 Å². The minimum Gasteiger partial charge on any atom is -0.391 e. The summed E-state index contributed by atoms with van der Waals surface area (Å²) in [5.41, 5.74) is 1.19. The van der Waals surface area contributed by atoms with Gasteiger partial charge in [0.15, 0.2) is 0 Å². The molecule has 19 heavy (non-hydrogen) atoms. The molecule has 2 rings (SSSR count). The van der Waals surface area contributed by atoms with Crippen LogP contribution in [0.5, 0.6) is 0 Å². The van der Waals surface area contributed by atoms with Crippen LogP contribution in [0.25, 0.3) is 0 Å². The number of nitrogens with zero attached hydrogens (tertiary/aromatic N) is 2. The Hall–Kier alpha value is -1.13. The summed E-state index contributed by atoms with van der Waals surface area (Å²) in [5.74, 6) is -0.328. The van der Waals surface area contributed by atoms with Gasteiger partial charge in [-0.25, -0.2) is 4.39 Å². The molecule has 1 aromatic rings. The molecule has 1 aliphatic rings. The van der Waals surface area contributed by atoms with E-state index in [4.69, 9.17) is 0 Å². The number of likely N-dealkylation sites (tertiary alicyclic amines) is 1. The Kier molecular flexibility index (Phi) is 4.77. The maximum Gasteiger partial charge on any atom is 0.130 e. The normalized spacial score (nSPS) is 19.9. The first kappa shape index (κ1) is 14.3. The second-order valence-corrected chi connectivity index (χ2v) is 5.20. The maximum absolute atomic E-state index is 13.7. The Labute approximate surface area is 114 Å². The van der Waals surface area contributed by atoms with Crippen molar-refractivity contribution in [2.24, 2.45) is 0 Å². The van der Waals surface area contributed by atoms with Crippen LogP contribution in [0.15, 0.2) is 18.2 Å². The molecule has 106 valence electrons. The van der Waals surface area contributed by atoms with E-state index in [1.165, 1.54) is 18.9 Å². The zero-order valence-electron chi connectivity index (χ0n) is 11.8. The highest BCUT2D eigenvalue weighted by Crippen LogP contribution is 2.25. The summed E-state index contributed by atoms with van der Waals surface area (Å²) in [5, 5.41) is 9.33. The average molecular weight is 266 g/mol. The third-order valence-electron chi connectivity index (χ3n) is 4.05. The van der Waals surface area contributed by atoms with Gasteiger partial charge in [0, 0.05) is 30.9 Å². The van der Waals surface area contributed by atoms with E-state index in [-0.39, 0.29) is 12.4 Å². The molecule has 1 aromatic carbocycles. The van der Waals surface area contributed by atoms with Gasteiger partial charge in [-0.3, -0.25) is 4.90 Å². The van der Waals surface area contributed by atoms with Crippen LogP contribution in [0.3, 0.4) is 0 Å². The highest BCUT2D eigenvalue weighted by atomic mass is 19.1. The highest BCUT2D eigenvalue weighted by molar-refractivity contribution is 5.53. The van der Waals surface area contributed by atoms with E-state index in [9.17, 15) is 9.50 Å². The van der Waals surface area contributed by atoms with Gasteiger partial charge >= 0.3 is 0 Å². The molecule has 1 N–H and O–H groups in total. The SMILES string of the molecule is CCN1CCCC1CN(C)c1cccc(F)c1CO. The van der Waals surface area contributed by atoms with Gasteiger partial charge in [-0.15, -0.1) is 0 Å². The maximum atomic E-state index is 13.7. The fourth-order valence-electron chi connectivity index (χ4n) is 2.99. The molecule has 0 amide bonds. The molecule has 1 heterocycles. The summed E-state index contributed by atoms with van der Waals surface area (Å²) >= 11 is 0. The standard InChI is InChI=1S/C15H23FN2O/c1-3-18-9-5-6-12(18)10-17(2)15-8-4-7-14(16)13(15)11-19/h4,7-8,12,19H,3,5-6,9-11H2,1-2H3. The Balaban J connectivity index is 2.11. The number of anilines is 1. The minimum atomic E-state index is -0.328. The lowest BCUT2D eigenvalue weighted by Crippen LogP contribution is -2.39. The van der Waals surface area contributed by atoms with Gasteiger partial charge < -0.3 is 10.0 Å². The van der Waals surface area contributed by atoms with Crippen LogP contribution in [-0.4, -0.2) is 42.7 Å². The Bertz CT molecular complexity index is 425. The van der Waals surface area contributed by atoms with Crippen molar-refractivity contribution >= 4 is 5.69 Å². The third kappa shape index (κ3) is 3.07. The topological polar surface area (TPSA) is 26.7 Å². The summed E-state index contributed by atoms with van der Waals surface area (Å²) in [7, 11) is 1.97. The molecule has 1 aliphatic heterocycles. The molecule has 1 saturated heterocycles. The molecule has 4 heteroatoms. The van der Waals surface area contributed by atoms with E-state index in [2.05, 4.69) is 16.7 Å². The number of aliphatic hydroxyl groups excluding tert-OH is 1. The molecular formula is C15H23FN2O. The molecule has 3 nitrogen and oxygen atoms in total. The molecule has 0 bridgehead atoms. The third-order valence-corrected chi connectivity index (χ3v) is 4.05. The number of hydrogen-bond acceptors (Lipinski definition) is 3. The summed E-state index contributed by atoms with van der Waals surface area (Å²) in [4.78, 5) is 4.53. The van der Waals surface area contributed by atoms with Crippen molar-refractivity contribution in [2.45, 2.75) is 32.4 Å². The number of rotatable bonds is 5. The number of aliphatic hydroxyl groups is 1. The van der Waals surface area contributed by atoms with Crippen LogP contribution >= 0.6 is 0 Å². The fraction of sp³-hybridized carbons (Fsp3) is 0.600. The summed E-state index contributed by atoms with van der Waals surface area (Å²) in [6.45, 7) is 5.03. The molecule has 1 atom stereocenters. The quantitative estimate of drug-likeness (QED) is 0.885. The van der Waals surface area contributed by atoms with Crippen molar-refractivity contribution in [3.8, 4) is 0 Å².